The third kappa shape index (κ3) is 4.01. The summed E-state index contributed by atoms with van der Waals surface area (Å²) in [5.74, 6) is 0. The lowest BCUT2D eigenvalue weighted by atomic mass is 10.2. The fraction of sp³-hybridized carbons (Fsp3) is 0.500. The van der Waals surface area contributed by atoms with Crippen molar-refractivity contribution >= 4 is 17.1 Å². The molecule has 0 fully saturated rings. The zero-order chi connectivity index (χ0) is 15.3. The number of nitro groups is 1. The molecule has 5 nitrogen and oxygen atoms in total. The average molecular weight is 291 g/mol. The predicted octanol–water partition coefficient (Wildman–Crippen LogP) is 3.42. The monoisotopic (exact) mass is 291 g/mol. The van der Waals surface area contributed by atoms with Gasteiger partial charge in [-0.15, -0.1) is 0 Å². The van der Waals surface area contributed by atoms with Crippen LogP contribution in [0, 0.1) is 10.1 Å². The lowest BCUT2D eigenvalue weighted by Gasteiger charge is -2.24. The van der Waals surface area contributed by atoms with E-state index >= 15 is 0 Å². The van der Waals surface area contributed by atoms with Crippen LogP contribution in [0.2, 0.25) is 0 Å². The summed E-state index contributed by atoms with van der Waals surface area (Å²) in [6.45, 7) is 2.52. The van der Waals surface area contributed by atoms with Crippen LogP contribution in [0.25, 0.3) is 0 Å². The summed E-state index contributed by atoms with van der Waals surface area (Å²) in [6.07, 6.45) is -4.42. The van der Waals surface area contributed by atoms with Gasteiger partial charge in [-0.05, 0) is 26.0 Å². The number of alkyl halides is 3. The summed E-state index contributed by atoms with van der Waals surface area (Å²) in [5, 5.41) is 14.0. The second-order valence-electron chi connectivity index (χ2n) is 4.09. The largest absolute Gasteiger partial charge is 0.405 e. The summed E-state index contributed by atoms with van der Waals surface area (Å²) in [6, 6.07) is 4.31. The zero-order valence-electron chi connectivity index (χ0n) is 11.2. The van der Waals surface area contributed by atoms with Crippen molar-refractivity contribution in [2.45, 2.75) is 20.0 Å². The molecule has 0 aliphatic rings. The van der Waals surface area contributed by atoms with E-state index in [0.717, 1.165) is 4.90 Å². The van der Waals surface area contributed by atoms with E-state index in [1.165, 1.54) is 25.1 Å². The van der Waals surface area contributed by atoms with E-state index in [1.807, 2.05) is 0 Å². The first-order chi connectivity index (χ1) is 9.30. The smallest absolute Gasteiger partial charge is 0.380 e. The van der Waals surface area contributed by atoms with Crippen molar-refractivity contribution in [2.24, 2.45) is 0 Å². The molecule has 0 amide bonds. The fourth-order valence-electron chi connectivity index (χ4n) is 1.90. The van der Waals surface area contributed by atoms with Crippen LogP contribution in [0.3, 0.4) is 0 Å². The predicted molar refractivity (Wildman–Crippen MR) is 71.2 cm³/mol. The molecular weight excluding hydrogens is 275 g/mol. The lowest BCUT2D eigenvalue weighted by Crippen LogP contribution is -2.34. The molecule has 0 heterocycles. The number of hydrogen-bond acceptors (Lipinski definition) is 4. The highest BCUT2D eigenvalue weighted by Gasteiger charge is 2.33. The quantitative estimate of drug-likeness (QED) is 0.644. The van der Waals surface area contributed by atoms with E-state index < -0.39 is 17.6 Å². The van der Waals surface area contributed by atoms with Crippen LogP contribution in [0.5, 0.6) is 0 Å². The molecule has 20 heavy (non-hydrogen) atoms. The Hall–Kier alpha value is -1.99. The Morgan fingerprint density at radius 1 is 1.35 bits per heavy atom. The molecular formula is C12H16F3N3O2. The summed E-state index contributed by atoms with van der Waals surface area (Å²) in [5.41, 5.74) is -0.149. The van der Waals surface area contributed by atoms with E-state index in [1.54, 1.807) is 6.92 Å². The second kappa shape index (κ2) is 6.44. The van der Waals surface area contributed by atoms with Gasteiger partial charge in [0.1, 0.15) is 17.9 Å². The molecule has 1 aromatic carbocycles. The number of rotatable bonds is 6. The minimum atomic E-state index is -4.42. The first kappa shape index (κ1) is 16.1. The second-order valence-corrected chi connectivity index (χ2v) is 4.09. The topological polar surface area (TPSA) is 58.4 Å². The van der Waals surface area contributed by atoms with Crippen LogP contribution in [0.1, 0.15) is 13.8 Å². The SMILES string of the molecule is CCNc1cccc(N(CC)CC(F)(F)F)c1[N+](=O)[O-]. The maximum Gasteiger partial charge on any atom is 0.405 e. The average Bonchev–Trinajstić information content (AvgIpc) is 2.34. The van der Waals surface area contributed by atoms with Gasteiger partial charge in [-0.25, -0.2) is 0 Å². The highest BCUT2D eigenvalue weighted by Crippen LogP contribution is 2.36. The van der Waals surface area contributed by atoms with E-state index in [9.17, 15) is 23.3 Å². The molecule has 1 N–H and O–H groups in total. The van der Waals surface area contributed by atoms with E-state index in [0.29, 0.717) is 6.54 Å². The number of halogens is 3. The Balaban J connectivity index is 3.27. The van der Waals surface area contributed by atoms with Crippen molar-refractivity contribution in [3.05, 3.63) is 28.3 Å². The normalized spacial score (nSPS) is 11.2. The fourth-order valence-corrected chi connectivity index (χ4v) is 1.90. The summed E-state index contributed by atoms with van der Waals surface area (Å²) < 4.78 is 37.6. The Bertz CT molecular complexity index is 478. The Morgan fingerprint density at radius 2 is 2.00 bits per heavy atom. The number of nitrogens with one attached hydrogen (secondary N) is 1. The number of para-hydroxylation sites is 1. The van der Waals surface area contributed by atoms with Crippen LogP contribution < -0.4 is 10.2 Å². The van der Waals surface area contributed by atoms with Crippen molar-refractivity contribution in [2.75, 3.05) is 29.9 Å². The van der Waals surface area contributed by atoms with Crippen LogP contribution in [0.4, 0.5) is 30.2 Å². The molecule has 0 aliphatic heterocycles. The number of benzene rings is 1. The Morgan fingerprint density at radius 3 is 2.45 bits per heavy atom. The Labute approximate surface area is 114 Å². The third-order valence-electron chi connectivity index (χ3n) is 2.66. The third-order valence-corrected chi connectivity index (χ3v) is 2.66. The molecule has 0 saturated carbocycles. The van der Waals surface area contributed by atoms with Crippen LogP contribution in [-0.4, -0.2) is 30.7 Å². The van der Waals surface area contributed by atoms with Crippen molar-refractivity contribution in [3.8, 4) is 0 Å². The summed E-state index contributed by atoms with van der Waals surface area (Å²) in [4.78, 5) is 11.4. The van der Waals surface area contributed by atoms with Crippen molar-refractivity contribution in [1.29, 1.82) is 0 Å². The Kier molecular flexibility index (Phi) is 5.18. The van der Waals surface area contributed by atoms with E-state index in [-0.39, 0.29) is 23.6 Å². The minimum absolute atomic E-state index is 0.0237. The maximum absolute atomic E-state index is 12.5. The molecule has 112 valence electrons. The van der Waals surface area contributed by atoms with E-state index in [4.69, 9.17) is 0 Å². The number of nitro benzene ring substituents is 1. The molecule has 1 rings (SSSR count). The van der Waals surface area contributed by atoms with Gasteiger partial charge in [-0.2, -0.15) is 13.2 Å². The van der Waals surface area contributed by atoms with Crippen LogP contribution >= 0.6 is 0 Å². The lowest BCUT2D eigenvalue weighted by molar-refractivity contribution is -0.383. The highest BCUT2D eigenvalue weighted by molar-refractivity contribution is 5.77. The first-order valence-electron chi connectivity index (χ1n) is 6.13. The van der Waals surface area contributed by atoms with Crippen molar-refractivity contribution < 1.29 is 18.1 Å². The first-order valence-corrected chi connectivity index (χ1v) is 6.13. The van der Waals surface area contributed by atoms with Crippen molar-refractivity contribution in [1.82, 2.24) is 0 Å². The molecule has 0 saturated heterocycles. The summed E-state index contributed by atoms with van der Waals surface area (Å²) in [7, 11) is 0. The molecule has 0 bridgehead atoms. The zero-order valence-corrected chi connectivity index (χ0v) is 11.2. The molecule has 8 heteroatoms. The molecule has 0 aliphatic carbocycles. The molecule has 0 atom stereocenters. The highest BCUT2D eigenvalue weighted by atomic mass is 19.4. The van der Waals surface area contributed by atoms with Gasteiger partial charge in [-0.3, -0.25) is 10.1 Å². The van der Waals surface area contributed by atoms with Gasteiger partial charge in [-0.1, -0.05) is 6.07 Å². The van der Waals surface area contributed by atoms with Crippen LogP contribution in [0.15, 0.2) is 18.2 Å². The molecule has 0 spiro atoms. The van der Waals surface area contributed by atoms with Gasteiger partial charge in [0.15, 0.2) is 0 Å². The minimum Gasteiger partial charge on any atom is -0.380 e. The van der Waals surface area contributed by atoms with Gasteiger partial charge >= 0.3 is 11.9 Å². The molecule has 0 unspecified atom stereocenters. The standard InChI is InChI=1S/C12H16F3N3O2/c1-3-16-9-6-5-7-10(11(9)18(19)20)17(4-2)8-12(13,14)15/h5-7,16H,3-4,8H2,1-2H3. The molecule has 1 aromatic rings. The van der Waals surface area contributed by atoms with Gasteiger partial charge < -0.3 is 10.2 Å². The van der Waals surface area contributed by atoms with Gasteiger partial charge in [0.25, 0.3) is 0 Å². The summed E-state index contributed by atoms with van der Waals surface area (Å²) >= 11 is 0. The van der Waals surface area contributed by atoms with Gasteiger partial charge in [0.2, 0.25) is 0 Å². The number of hydrogen-bond donors (Lipinski definition) is 1. The molecule has 0 aromatic heterocycles. The number of nitrogens with zero attached hydrogens (tertiary/aromatic N) is 2. The van der Waals surface area contributed by atoms with Crippen molar-refractivity contribution in [3.63, 3.8) is 0 Å². The van der Waals surface area contributed by atoms with Crippen LogP contribution in [-0.2, 0) is 0 Å². The van der Waals surface area contributed by atoms with E-state index in [2.05, 4.69) is 5.32 Å². The number of anilines is 2. The maximum atomic E-state index is 12.5. The van der Waals surface area contributed by atoms with Gasteiger partial charge in [0, 0.05) is 13.1 Å². The van der Waals surface area contributed by atoms with Gasteiger partial charge in [0.05, 0.1) is 4.92 Å². The molecule has 0 radical (unpaired) electrons.